The lowest BCUT2D eigenvalue weighted by molar-refractivity contribution is 0.122. The molecule has 1 aromatic carbocycles. The van der Waals surface area contributed by atoms with Crippen molar-refractivity contribution in [2.24, 2.45) is 0 Å². The molecule has 0 amide bonds. The molecule has 3 heterocycles. The molecule has 7 heteroatoms. The molecule has 1 aliphatic rings. The summed E-state index contributed by atoms with van der Waals surface area (Å²) in [4.78, 5) is 23.7. The predicted molar refractivity (Wildman–Crippen MR) is 99.9 cm³/mol. The van der Waals surface area contributed by atoms with Gasteiger partial charge in [0.2, 0.25) is 5.95 Å². The number of aromatic nitrogens is 4. The maximum absolute atomic E-state index is 12.5. The fourth-order valence-corrected chi connectivity index (χ4v) is 3.16. The molecule has 134 valence electrons. The van der Waals surface area contributed by atoms with Crippen LogP contribution in [0.15, 0.2) is 41.3 Å². The summed E-state index contributed by atoms with van der Waals surface area (Å²) in [6.45, 7) is 6.88. The minimum Gasteiger partial charge on any atom is -0.378 e. The Labute approximate surface area is 151 Å². The molecule has 0 saturated carbocycles. The molecule has 26 heavy (non-hydrogen) atoms. The fourth-order valence-electron chi connectivity index (χ4n) is 3.16. The first-order chi connectivity index (χ1) is 12.6. The molecule has 0 aliphatic carbocycles. The monoisotopic (exact) mass is 351 g/mol. The summed E-state index contributed by atoms with van der Waals surface area (Å²) in [5.74, 6) is 0.704. The molecule has 1 aliphatic heterocycles. The zero-order chi connectivity index (χ0) is 18.1. The van der Waals surface area contributed by atoms with Gasteiger partial charge in [-0.15, -0.1) is 0 Å². The van der Waals surface area contributed by atoms with Crippen LogP contribution < -0.4 is 10.5 Å². The average Bonchev–Trinajstić information content (AvgIpc) is 3.04. The summed E-state index contributed by atoms with van der Waals surface area (Å²) in [7, 11) is 0. The van der Waals surface area contributed by atoms with E-state index in [0.29, 0.717) is 24.9 Å². The number of aryl methyl sites for hydroxylation is 2. The van der Waals surface area contributed by atoms with Gasteiger partial charge < -0.3 is 9.64 Å². The van der Waals surface area contributed by atoms with Crippen LogP contribution in [0.3, 0.4) is 0 Å². The highest BCUT2D eigenvalue weighted by atomic mass is 16.5. The Bertz CT molecular complexity index is 986. The molecular formula is C19H21N5O2. The summed E-state index contributed by atoms with van der Waals surface area (Å²) >= 11 is 0. The molecule has 3 aromatic rings. The third-order valence-electron chi connectivity index (χ3n) is 4.63. The molecule has 0 bridgehead atoms. The first kappa shape index (κ1) is 16.5. The molecule has 2 aromatic heterocycles. The molecule has 0 unspecified atom stereocenters. The highest BCUT2D eigenvalue weighted by molar-refractivity contribution is 5.61. The Morgan fingerprint density at radius 3 is 2.65 bits per heavy atom. The second-order valence-corrected chi connectivity index (χ2v) is 6.40. The number of benzene rings is 1. The van der Waals surface area contributed by atoms with Crippen molar-refractivity contribution in [2.75, 3.05) is 31.2 Å². The lowest BCUT2D eigenvalue weighted by atomic mass is 10.2. The molecule has 1 fully saturated rings. The van der Waals surface area contributed by atoms with Gasteiger partial charge in [-0.05, 0) is 25.5 Å². The molecule has 4 rings (SSSR count). The first-order valence-corrected chi connectivity index (χ1v) is 8.68. The number of nitrogens with zero attached hydrogens (tertiary/aromatic N) is 4. The van der Waals surface area contributed by atoms with Crippen molar-refractivity contribution in [2.45, 2.75) is 13.8 Å². The van der Waals surface area contributed by atoms with Crippen LogP contribution in [0.4, 0.5) is 5.95 Å². The van der Waals surface area contributed by atoms with E-state index in [0.717, 1.165) is 35.6 Å². The van der Waals surface area contributed by atoms with E-state index >= 15 is 0 Å². The van der Waals surface area contributed by atoms with Gasteiger partial charge in [0, 0.05) is 30.9 Å². The van der Waals surface area contributed by atoms with Gasteiger partial charge in [-0.2, -0.15) is 0 Å². The van der Waals surface area contributed by atoms with Gasteiger partial charge in [0.25, 0.3) is 5.56 Å². The second kappa shape index (κ2) is 6.76. The summed E-state index contributed by atoms with van der Waals surface area (Å²) in [5.41, 5.74) is 4.13. The van der Waals surface area contributed by atoms with Crippen molar-refractivity contribution >= 4 is 5.95 Å². The Hall–Kier alpha value is -2.93. The molecule has 1 saturated heterocycles. The van der Waals surface area contributed by atoms with Crippen LogP contribution in [0.5, 0.6) is 0 Å². The number of ether oxygens (including phenoxy) is 1. The molecule has 0 spiro atoms. The zero-order valence-electron chi connectivity index (χ0n) is 14.9. The minimum absolute atomic E-state index is 0.106. The van der Waals surface area contributed by atoms with Gasteiger partial charge >= 0.3 is 0 Å². The van der Waals surface area contributed by atoms with Crippen LogP contribution in [0.25, 0.3) is 16.9 Å². The first-order valence-electron chi connectivity index (χ1n) is 8.68. The predicted octanol–water partition coefficient (Wildman–Crippen LogP) is 2.08. The largest absolute Gasteiger partial charge is 0.378 e. The van der Waals surface area contributed by atoms with Gasteiger partial charge in [0.05, 0.1) is 30.3 Å². The van der Waals surface area contributed by atoms with Crippen molar-refractivity contribution in [3.63, 3.8) is 0 Å². The molecule has 1 N–H and O–H groups in total. The fraction of sp³-hybridized carbons (Fsp3) is 0.316. The van der Waals surface area contributed by atoms with Crippen molar-refractivity contribution in [3.8, 4) is 16.9 Å². The van der Waals surface area contributed by atoms with Crippen molar-refractivity contribution in [1.29, 1.82) is 0 Å². The van der Waals surface area contributed by atoms with Gasteiger partial charge in [-0.3, -0.25) is 9.89 Å². The summed E-state index contributed by atoms with van der Waals surface area (Å²) in [6.07, 6.45) is 1.78. The number of aromatic amines is 1. The second-order valence-electron chi connectivity index (χ2n) is 6.40. The Morgan fingerprint density at radius 2 is 1.92 bits per heavy atom. The highest BCUT2D eigenvalue weighted by Gasteiger charge is 2.16. The van der Waals surface area contributed by atoms with Gasteiger partial charge in [-0.25, -0.2) is 14.6 Å². The van der Waals surface area contributed by atoms with Crippen molar-refractivity contribution < 1.29 is 4.74 Å². The van der Waals surface area contributed by atoms with Crippen molar-refractivity contribution in [1.82, 2.24) is 19.7 Å². The van der Waals surface area contributed by atoms with Gasteiger partial charge in [0.15, 0.2) is 0 Å². The van der Waals surface area contributed by atoms with E-state index in [1.54, 1.807) is 16.9 Å². The molecule has 7 nitrogen and oxygen atoms in total. The highest BCUT2D eigenvalue weighted by Crippen LogP contribution is 2.22. The van der Waals surface area contributed by atoms with E-state index in [9.17, 15) is 4.79 Å². The van der Waals surface area contributed by atoms with Crippen LogP contribution in [0.2, 0.25) is 0 Å². The third kappa shape index (κ3) is 3.01. The Balaban J connectivity index is 1.69. The summed E-state index contributed by atoms with van der Waals surface area (Å²) < 4.78 is 6.93. The summed E-state index contributed by atoms with van der Waals surface area (Å²) in [5, 5.41) is 3.19. The number of rotatable bonds is 3. The van der Waals surface area contributed by atoms with Gasteiger partial charge in [0.1, 0.15) is 0 Å². The van der Waals surface area contributed by atoms with E-state index in [1.807, 2.05) is 38.1 Å². The molecular weight excluding hydrogens is 330 g/mol. The number of H-pyrrole nitrogens is 1. The van der Waals surface area contributed by atoms with E-state index in [2.05, 4.69) is 20.0 Å². The van der Waals surface area contributed by atoms with E-state index in [1.165, 1.54) is 0 Å². The Morgan fingerprint density at radius 1 is 1.15 bits per heavy atom. The van der Waals surface area contributed by atoms with Crippen LogP contribution in [-0.4, -0.2) is 46.1 Å². The maximum atomic E-state index is 12.5. The van der Waals surface area contributed by atoms with Crippen LogP contribution in [0.1, 0.15) is 11.3 Å². The number of nitrogens with one attached hydrogen (secondary N) is 1. The Kier molecular flexibility index (Phi) is 4.30. The lowest BCUT2D eigenvalue weighted by Gasteiger charge is -2.27. The standard InChI is InChI=1S/C19H21N5O2/c1-13-5-3-4-6-17(13)24-18(25)11-16(22-24)15-12-20-19(21-14(15)2)23-7-9-26-10-8-23/h3-6,11-12,22H,7-10H2,1-2H3. The van der Waals surface area contributed by atoms with E-state index in [4.69, 9.17) is 4.74 Å². The minimum atomic E-state index is -0.106. The average molecular weight is 351 g/mol. The van der Waals surface area contributed by atoms with Gasteiger partial charge in [-0.1, -0.05) is 18.2 Å². The van der Waals surface area contributed by atoms with Crippen LogP contribution in [-0.2, 0) is 4.74 Å². The third-order valence-corrected chi connectivity index (χ3v) is 4.63. The quantitative estimate of drug-likeness (QED) is 0.782. The number of anilines is 1. The van der Waals surface area contributed by atoms with E-state index in [-0.39, 0.29) is 5.56 Å². The smallest absolute Gasteiger partial charge is 0.271 e. The number of hydrogen-bond acceptors (Lipinski definition) is 5. The van der Waals surface area contributed by atoms with Crippen molar-refractivity contribution in [3.05, 3.63) is 58.1 Å². The lowest BCUT2D eigenvalue weighted by Crippen LogP contribution is -2.37. The van der Waals surface area contributed by atoms with Crippen LogP contribution in [0, 0.1) is 13.8 Å². The molecule has 0 atom stereocenters. The topological polar surface area (TPSA) is 76.0 Å². The zero-order valence-corrected chi connectivity index (χ0v) is 14.9. The normalized spacial score (nSPS) is 14.6. The van der Waals surface area contributed by atoms with E-state index < -0.39 is 0 Å². The summed E-state index contributed by atoms with van der Waals surface area (Å²) in [6, 6.07) is 9.36. The SMILES string of the molecule is Cc1ccccc1-n1[nH]c(-c2cnc(N3CCOCC3)nc2C)cc1=O. The molecule has 0 radical (unpaired) electrons. The van der Waals surface area contributed by atoms with Crippen LogP contribution >= 0.6 is 0 Å². The maximum Gasteiger partial charge on any atom is 0.271 e. The number of hydrogen-bond donors (Lipinski definition) is 1. The number of morpholine rings is 1. The number of para-hydroxylation sites is 1.